The van der Waals surface area contributed by atoms with Crippen LogP contribution in [0.4, 0.5) is 5.69 Å². The molecule has 0 aliphatic carbocycles. The van der Waals surface area contributed by atoms with Gasteiger partial charge in [-0.2, -0.15) is 0 Å². The van der Waals surface area contributed by atoms with Gasteiger partial charge in [-0.25, -0.2) is 8.42 Å². The second-order valence-corrected chi connectivity index (χ2v) is 13.2. The van der Waals surface area contributed by atoms with Gasteiger partial charge in [-0.15, -0.1) is 0 Å². The topological polar surface area (TPSA) is 96.0 Å². The van der Waals surface area contributed by atoms with Gasteiger partial charge in [-0.3, -0.25) is 13.9 Å². The van der Waals surface area contributed by atoms with Crippen molar-refractivity contribution < 1.29 is 22.7 Å². The van der Waals surface area contributed by atoms with Crippen LogP contribution in [0, 0.1) is 13.8 Å². The predicted molar refractivity (Wildman–Crippen MR) is 182 cm³/mol. The molecule has 0 aromatic heterocycles. The van der Waals surface area contributed by atoms with Crippen molar-refractivity contribution in [3.8, 4) is 5.75 Å². The summed E-state index contributed by atoms with van der Waals surface area (Å²) in [5.74, 6) is -0.507. The fourth-order valence-corrected chi connectivity index (χ4v) is 6.68. The van der Waals surface area contributed by atoms with Gasteiger partial charge in [0, 0.05) is 19.5 Å². The van der Waals surface area contributed by atoms with E-state index in [1.165, 1.54) is 24.1 Å². The number of nitrogens with one attached hydrogen (secondary N) is 1. The molecular formula is C37H43N3O5S. The summed E-state index contributed by atoms with van der Waals surface area (Å²) in [6, 6.07) is 29.6. The predicted octanol–water partition coefficient (Wildman–Crippen LogP) is 6.06. The number of carbonyl (C=O) groups excluding carboxylic acids is 2. The fraction of sp³-hybridized carbons (Fsp3) is 0.297. The number of ether oxygens (including phenoxy) is 1. The molecular weight excluding hydrogens is 598 g/mol. The van der Waals surface area contributed by atoms with Crippen molar-refractivity contribution >= 4 is 27.5 Å². The minimum Gasteiger partial charge on any atom is -0.495 e. The van der Waals surface area contributed by atoms with Crippen LogP contribution in [-0.4, -0.2) is 51.4 Å². The molecule has 0 fully saturated rings. The fourth-order valence-electron chi connectivity index (χ4n) is 5.25. The highest BCUT2D eigenvalue weighted by Gasteiger charge is 2.35. The molecule has 0 spiro atoms. The third kappa shape index (κ3) is 8.75. The van der Waals surface area contributed by atoms with Crippen molar-refractivity contribution in [2.24, 2.45) is 0 Å². The molecule has 242 valence electrons. The van der Waals surface area contributed by atoms with E-state index in [9.17, 15) is 18.0 Å². The van der Waals surface area contributed by atoms with Crippen LogP contribution < -0.4 is 14.4 Å². The Kier molecular flexibility index (Phi) is 12.0. The van der Waals surface area contributed by atoms with Crippen molar-refractivity contribution in [1.82, 2.24) is 10.2 Å². The lowest BCUT2D eigenvalue weighted by Crippen LogP contribution is -2.53. The third-order valence-electron chi connectivity index (χ3n) is 7.78. The molecule has 0 radical (unpaired) electrons. The highest BCUT2D eigenvalue weighted by molar-refractivity contribution is 7.92. The first-order valence-corrected chi connectivity index (χ1v) is 17.0. The largest absolute Gasteiger partial charge is 0.495 e. The first-order valence-electron chi connectivity index (χ1n) is 15.5. The third-order valence-corrected chi connectivity index (χ3v) is 9.55. The molecule has 0 saturated carbocycles. The maximum atomic E-state index is 14.6. The van der Waals surface area contributed by atoms with Gasteiger partial charge in [0.05, 0.1) is 17.7 Å². The molecule has 0 saturated heterocycles. The second kappa shape index (κ2) is 16.1. The number of unbranched alkanes of at least 4 members (excludes halogenated alkanes) is 1. The van der Waals surface area contributed by atoms with Gasteiger partial charge in [0.2, 0.25) is 11.8 Å². The summed E-state index contributed by atoms with van der Waals surface area (Å²) in [6.07, 6.45) is 1.96. The van der Waals surface area contributed by atoms with Crippen molar-refractivity contribution in [3.05, 3.63) is 125 Å². The average molecular weight is 642 g/mol. The summed E-state index contributed by atoms with van der Waals surface area (Å²) in [5, 5.41) is 3.02. The first kappa shape index (κ1) is 34.2. The number of benzene rings is 4. The smallest absolute Gasteiger partial charge is 0.264 e. The number of nitrogens with zero attached hydrogens (tertiary/aromatic N) is 2. The zero-order valence-electron chi connectivity index (χ0n) is 27.0. The molecule has 0 heterocycles. The Morgan fingerprint density at radius 2 is 1.50 bits per heavy atom. The van der Waals surface area contributed by atoms with E-state index >= 15 is 0 Å². The summed E-state index contributed by atoms with van der Waals surface area (Å²) in [7, 11) is -2.77. The van der Waals surface area contributed by atoms with E-state index in [2.05, 4.69) is 5.32 Å². The maximum Gasteiger partial charge on any atom is 0.264 e. The lowest BCUT2D eigenvalue weighted by molar-refractivity contribution is -0.140. The molecule has 9 heteroatoms. The highest BCUT2D eigenvalue weighted by atomic mass is 32.2. The number of hydrogen-bond donors (Lipinski definition) is 1. The molecule has 0 aliphatic rings. The van der Waals surface area contributed by atoms with Crippen molar-refractivity contribution in [3.63, 3.8) is 0 Å². The Balaban J connectivity index is 1.82. The minimum atomic E-state index is -4.23. The number of para-hydroxylation sites is 2. The summed E-state index contributed by atoms with van der Waals surface area (Å²) in [4.78, 5) is 30.0. The monoisotopic (exact) mass is 641 g/mol. The zero-order chi connectivity index (χ0) is 33.1. The first-order chi connectivity index (χ1) is 22.1. The average Bonchev–Trinajstić information content (AvgIpc) is 3.05. The minimum absolute atomic E-state index is 0.0418. The van der Waals surface area contributed by atoms with E-state index in [4.69, 9.17) is 4.74 Å². The summed E-state index contributed by atoms with van der Waals surface area (Å²) in [6.45, 7) is 5.93. The maximum absolute atomic E-state index is 14.6. The molecule has 0 bridgehead atoms. The molecule has 1 N–H and O–H groups in total. The SMILES string of the molecule is CCCCNC(=O)[C@H](Cc1ccccc1)N(Cc1cccc(C)c1)C(=O)CN(c1ccccc1OC)S(=O)(=O)c1ccc(C)cc1. The van der Waals surface area contributed by atoms with Gasteiger partial charge in [-0.1, -0.05) is 103 Å². The molecule has 1 atom stereocenters. The van der Waals surface area contributed by atoms with Crippen LogP contribution >= 0.6 is 0 Å². The lowest BCUT2D eigenvalue weighted by Gasteiger charge is -2.34. The Bertz CT molecular complexity index is 1710. The number of methoxy groups -OCH3 is 1. The van der Waals surface area contributed by atoms with Gasteiger partial charge >= 0.3 is 0 Å². The van der Waals surface area contributed by atoms with Gasteiger partial charge in [-0.05, 0) is 55.7 Å². The van der Waals surface area contributed by atoms with Crippen LogP contribution in [0.5, 0.6) is 5.75 Å². The molecule has 0 aliphatic heterocycles. The number of amides is 2. The van der Waals surface area contributed by atoms with Crippen LogP contribution in [0.1, 0.15) is 42.0 Å². The van der Waals surface area contributed by atoms with Gasteiger partial charge in [0.25, 0.3) is 10.0 Å². The molecule has 46 heavy (non-hydrogen) atoms. The number of rotatable bonds is 15. The number of carbonyl (C=O) groups is 2. The van der Waals surface area contributed by atoms with Crippen molar-refractivity contribution in [2.75, 3.05) is 24.5 Å². The Morgan fingerprint density at radius 3 is 2.17 bits per heavy atom. The number of sulfonamides is 1. The van der Waals surface area contributed by atoms with Crippen molar-refractivity contribution in [1.29, 1.82) is 0 Å². The normalized spacial score (nSPS) is 11.8. The lowest BCUT2D eigenvalue weighted by atomic mass is 10.0. The summed E-state index contributed by atoms with van der Waals surface area (Å²) >= 11 is 0. The summed E-state index contributed by atoms with van der Waals surface area (Å²) in [5.41, 5.74) is 3.85. The molecule has 4 aromatic rings. The van der Waals surface area contributed by atoms with Gasteiger partial charge < -0.3 is 15.0 Å². The standard InChI is InChI=1S/C37H43N3O5S/c1-5-6-23-38-37(42)34(25-30-14-8-7-9-15-30)39(26-31-16-12-13-29(3)24-31)36(41)27-40(33-17-10-11-18-35(33)45-4)46(43,44)32-21-19-28(2)20-22-32/h7-22,24,34H,5-6,23,25-27H2,1-4H3,(H,38,42)/t34-/m0/s1. The Labute approximate surface area is 273 Å². The quantitative estimate of drug-likeness (QED) is 0.159. The van der Waals surface area contributed by atoms with Crippen LogP contribution in [-0.2, 0) is 32.6 Å². The number of hydrogen-bond acceptors (Lipinski definition) is 5. The molecule has 4 aromatic carbocycles. The summed E-state index contributed by atoms with van der Waals surface area (Å²) < 4.78 is 35.2. The van der Waals surface area contributed by atoms with E-state index < -0.39 is 28.5 Å². The molecule has 2 amide bonds. The van der Waals surface area contributed by atoms with E-state index in [1.54, 1.807) is 36.4 Å². The Morgan fingerprint density at radius 1 is 0.826 bits per heavy atom. The van der Waals surface area contributed by atoms with E-state index in [0.717, 1.165) is 39.4 Å². The van der Waals surface area contributed by atoms with E-state index in [0.29, 0.717) is 12.3 Å². The van der Waals surface area contributed by atoms with E-state index in [1.807, 2.05) is 75.4 Å². The van der Waals surface area contributed by atoms with Crippen LogP contribution in [0.2, 0.25) is 0 Å². The highest BCUT2D eigenvalue weighted by Crippen LogP contribution is 2.33. The van der Waals surface area contributed by atoms with Gasteiger partial charge in [0.1, 0.15) is 18.3 Å². The Hall–Kier alpha value is -4.63. The molecule has 4 rings (SSSR count). The zero-order valence-corrected chi connectivity index (χ0v) is 27.8. The van der Waals surface area contributed by atoms with Crippen LogP contribution in [0.25, 0.3) is 0 Å². The molecule has 8 nitrogen and oxygen atoms in total. The van der Waals surface area contributed by atoms with Crippen LogP contribution in [0.15, 0.2) is 108 Å². The van der Waals surface area contributed by atoms with Crippen molar-refractivity contribution in [2.45, 2.75) is 57.5 Å². The number of aryl methyl sites for hydroxylation is 2. The van der Waals surface area contributed by atoms with E-state index in [-0.39, 0.29) is 29.5 Å². The second-order valence-electron chi connectivity index (χ2n) is 11.4. The van der Waals surface area contributed by atoms with Gasteiger partial charge in [0.15, 0.2) is 0 Å². The molecule has 0 unspecified atom stereocenters. The van der Waals surface area contributed by atoms with Crippen LogP contribution in [0.3, 0.4) is 0 Å². The number of anilines is 1.